The van der Waals surface area contributed by atoms with Crippen LogP contribution in [-0.4, -0.2) is 29.0 Å². The molecule has 5 nitrogen and oxygen atoms in total. The fraction of sp³-hybridized carbons (Fsp3) is 0.333. The molecule has 2 aromatic rings. The van der Waals surface area contributed by atoms with Crippen LogP contribution in [-0.2, 0) is 0 Å². The maximum Gasteiger partial charge on any atom is 0.251 e. The first-order chi connectivity index (χ1) is 11.7. The number of hydrogen-bond donors (Lipinski definition) is 2. The number of halogens is 1. The van der Waals surface area contributed by atoms with Gasteiger partial charge in [-0.2, -0.15) is 0 Å². The summed E-state index contributed by atoms with van der Waals surface area (Å²) in [5.41, 5.74) is 0.634. The van der Waals surface area contributed by atoms with Crippen LogP contribution in [0.2, 0.25) is 5.02 Å². The van der Waals surface area contributed by atoms with Gasteiger partial charge in [0.05, 0.1) is 5.02 Å². The molecule has 3 atom stereocenters. The minimum absolute atomic E-state index is 0.0366. The van der Waals surface area contributed by atoms with Crippen LogP contribution in [0.5, 0.6) is 11.6 Å². The second-order valence-corrected chi connectivity index (χ2v) is 6.74. The Hall–Kier alpha value is -2.11. The molecular formula is C18H18ClN3O2. The first-order valence-electron chi connectivity index (χ1n) is 8.14. The number of hydrogen-bond acceptors (Lipinski definition) is 4. The maximum atomic E-state index is 12.4. The van der Waals surface area contributed by atoms with Crippen molar-refractivity contribution in [2.75, 3.05) is 0 Å². The van der Waals surface area contributed by atoms with Crippen molar-refractivity contribution < 1.29 is 9.53 Å². The molecule has 2 aliphatic heterocycles. The molecule has 0 saturated carbocycles. The number of fused-ring (bicyclic) bond motifs is 2. The third-order valence-electron chi connectivity index (χ3n) is 4.66. The first-order valence-corrected chi connectivity index (χ1v) is 8.51. The van der Waals surface area contributed by atoms with Gasteiger partial charge in [0, 0.05) is 36.0 Å². The van der Waals surface area contributed by atoms with Crippen LogP contribution < -0.4 is 15.4 Å². The summed E-state index contributed by atoms with van der Waals surface area (Å²) in [7, 11) is 0. The lowest BCUT2D eigenvalue weighted by molar-refractivity contribution is 0.0931. The standard InChI is InChI=1S/C18H18ClN3O2/c19-12-3-8-17(20-10-12)24-14-5-1-11(2-6-14)18(23)22-16-9-13-4-7-15(16)21-13/h1-3,5-6,8,10,13,15-16,21H,4,7,9H2,(H,22,23). The van der Waals surface area contributed by atoms with Crippen molar-refractivity contribution >= 4 is 17.5 Å². The predicted molar refractivity (Wildman–Crippen MR) is 91.6 cm³/mol. The Balaban J connectivity index is 1.38. The molecule has 2 fully saturated rings. The minimum atomic E-state index is -0.0366. The Morgan fingerprint density at radius 1 is 1.21 bits per heavy atom. The van der Waals surface area contributed by atoms with Crippen LogP contribution in [0.15, 0.2) is 42.6 Å². The molecular weight excluding hydrogens is 326 g/mol. The third-order valence-corrected chi connectivity index (χ3v) is 4.88. The molecule has 4 rings (SSSR count). The van der Waals surface area contributed by atoms with Gasteiger partial charge in [-0.3, -0.25) is 4.79 Å². The van der Waals surface area contributed by atoms with Crippen molar-refractivity contribution in [1.82, 2.24) is 15.6 Å². The van der Waals surface area contributed by atoms with Gasteiger partial charge in [0.1, 0.15) is 5.75 Å². The van der Waals surface area contributed by atoms with Crippen molar-refractivity contribution in [2.24, 2.45) is 0 Å². The van der Waals surface area contributed by atoms with Crippen molar-refractivity contribution in [3.63, 3.8) is 0 Å². The lowest BCUT2D eigenvalue weighted by Crippen LogP contribution is -2.42. The van der Waals surface area contributed by atoms with Gasteiger partial charge < -0.3 is 15.4 Å². The summed E-state index contributed by atoms with van der Waals surface area (Å²) >= 11 is 5.80. The molecule has 1 aromatic carbocycles. The van der Waals surface area contributed by atoms with Crippen LogP contribution in [0.1, 0.15) is 29.6 Å². The van der Waals surface area contributed by atoms with Gasteiger partial charge in [-0.25, -0.2) is 4.98 Å². The Morgan fingerprint density at radius 2 is 2.04 bits per heavy atom. The number of rotatable bonds is 4. The summed E-state index contributed by atoms with van der Waals surface area (Å²) in [6.07, 6.45) is 4.93. The average molecular weight is 344 g/mol. The number of carbonyl (C=O) groups is 1. The molecule has 0 spiro atoms. The Kier molecular flexibility index (Phi) is 4.12. The fourth-order valence-electron chi connectivity index (χ4n) is 3.45. The lowest BCUT2D eigenvalue weighted by atomic mass is 9.95. The molecule has 6 heteroatoms. The summed E-state index contributed by atoms with van der Waals surface area (Å²) in [6.45, 7) is 0. The number of aromatic nitrogens is 1. The number of amides is 1. The number of nitrogens with zero attached hydrogens (tertiary/aromatic N) is 1. The average Bonchev–Trinajstić information content (AvgIpc) is 3.20. The quantitative estimate of drug-likeness (QED) is 0.895. The molecule has 2 aliphatic rings. The number of benzene rings is 1. The first kappa shape index (κ1) is 15.4. The molecule has 1 aromatic heterocycles. The second-order valence-electron chi connectivity index (χ2n) is 6.30. The van der Waals surface area contributed by atoms with E-state index in [9.17, 15) is 4.79 Å². The van der Waals surface area contributed by atoms with E-state index < -0.39 is 0 Å². The molecule has 124 valence electrons. The zero-order chi connectivity index (χ0) is 16.5. The summed E-state index contributed by atoms with van der Waals surface area (Å²) in [5, 5.41) is 7.22. The van der Waals surface area contributed by atoms with Crippen molar-refractivity contribution in [3.05, 3.63) is 53.2 Å². The van der Waals surface area contributed by atoms with E-state index in [1.54, 1.807) is 36.4 Å². The maximum absolute atomic E-state index is 12.4. The van der Waals surface area contributed by atoms with E-state index >= 15 is 0 Å². The molecule has 2 bridgehead atoms. The van der Waals surface area contributed by atoms with E-state index in [4.69, 9.17) is 16.3 Å². The molecule has 0 aliphatic carbocycles. The van der Waals surface area contributed by atoms with Gasteiger partial charge in [0.2, 0.25) is 5.88 Å². The van der Waals surface area contributed by atoms with Crippen LogP contribution in [0.4, 0.5) is 0 Å². The fourth-order valence-corrected chi connectivity index (χ4v) is 3.56. The van der Waals surface area contributed by atoms with E-state index in [1.807, 2.05) is 0 Å². The number of carbonyl (C=O) groups excluding carboxylic acids is 1. The predicted octanol–water partition coefficient (Wildman–Crippen LogP) is 3.15. The molecule has 2 N–H and O–H groups in total. The Labute approximate surface area is 145 Å². The molecule has 3 unspecified atom stereocenters. The topological polar surface area (TPSA) is 63.2 Å². The Morgan fingerprint density at radius 3 is 2.67 bits per heavy atom. The second kappa shape index (κ2) is 6.42. The summed E-state index contributed by atoms with van der Waals surface area (Å²) in [6, 6.07) is 11.7. The lowest BCUT2D eigenvalue weighted by Gasteiger charge is -2.21. The molecule has 3 heterocycles. The van der Waals surface area contributed by atoms with Crippen LogP contribution in [0.3, 0.4) is 0 Å². The molecule has 0 radical (unpaired) electrons. The molecule has 2 saturated heterocycles. The van der Waals surface area contributed by atoms with Gasteiger partial charge in [0.15, 0.2) is 0 Å². The van der Waals surface area contributed by atoms with Gasteiger partial charge in [-0.15, -0.1) is 0 Å². The van der Waals surface area contributed by atoms with Crippen molar-refractivity contribution in [3.8, 4) is 11.6 Å². The van der Waals surface area contributed by atoms with Crippen LogP contribution >= 0.6 is 11.6 Å². The highest BCUT2D eigenvalue weighted by molar-refractivity contribution is 6.30. The molecule has 24 heavy (non-hydrogen) atoms. The SMILES string of the molecule is O=C(NC1CC2CCC1N2)c1ccc(Oc2ccc(Cl)cn2)cc1. The van der Waals surface area contributed by atoms with E-state index in [-0.39, 0.29) is 11.9 Å². The monoisotopic (exact) mass is 343 g/mol. The van der Waals surface area contributed by atoms with E-state index in [2.05, 4.69) is 15.6 Å². The van der Waals surface area contributed by atoms with E-state index in [0.29, 0.717) is 34.3 Å². The summed E-state index contributed by atoms with van der Waals surface area (Å²) < 4.78 is 5.63. The van der Waals surface area contributed by atoms with E-state index in [0.717, 1.165) is 12.8 Å². The van der Waals surface area contributed by atoms with Crippen molar-refractivity contribution in [2.45, 2.75) is 37.4 Å². The van der Waals surface area contributed by atoms with Gasteiger partial charge in [0.25, 0.3) is 5.91 Å². The normalized spacial score (nSPS) is 24.8. The Bertz CT molecular complexity index is 733. The van der Waals surface area contributed by atoms with Crippen molar-refractivity contribution in [1.29, 1.82) is 0 Å². The molecule has 1 amide bonds. The minimum Gasteiger partial charge on any atom is -0.439 e. The van der Waals surface area contributed by atoms with E-state index in [1.165, 1.54) is 12.6 Å². The smallest absolute Gasteiger partial charge is 0.251 e. The number of ether oxygens (including phenoxy) is 1. The highest BCUT2D eigenvalue weighted by Crippen LogP contribution is 2.28. The highest BCUT2D eigenvalue weighted by Gasteiger charge is 2.39. The van der Waals surface area contributed by atoms with Gasteiger partial charge >= 0.3 is 0 Å². The van der Waals surface area contributed by atoms with Gasteiger partial charge in [-0.1, -0.05) is 11.6 Å². The van der Waals surface area contributed by atoms with Crippen LogP contribution in [0.25, 0.3) is 0 Å². The highest BCUT2D eigenvalue weighted by atomic mass is 35.5. The largest absolute Gasteiger partial charge is 0.439 e. The third kappa shape index (κ3) is 3.23. The summed E-state index contributed by atoms with van der Waals surface area (Å²) in [5.74, 6) is 1.05. The summed E-state index contributed by atoms with van der Waals surface area (Å²) in [4.78, 5) is 16.5. The van der Waals surface area contributed by atoms with Gasteiger partial charge in [-0.05, 0) is 49.6 Å². The van der Waals surface area contributed by atoms with Crippen LogP contribution in [0, 0.1) is 0 Å². The number of nitrogens with one attached hydrogen (secondary N) is 2. The zero-order valence-corrected chi connectivity index (χ0v) is 13.8. The zero-order valence-electron chi connectivity index (χ0n) is 13.0. The number of pyridine rings is 1.